The van der Waals surface area contributed by atoms with Crippen molar-refractivity contribution in [1.29, 1.82) is 0 Å². The van der Waals surface area contributed by atoms with Crippen molar-refractivity contribution in [3.05, 3.63) is 20.8 Å². The van der Waals surface area contributed by atoms with Gasteiger partial charge in [-0.05, 0) is 6.42 Å². The number of rotatable bonds is 7. The number of methoxy groups -OCH3 is 1. The predicted octanol–water partition coefficient (Wildman–Crippen LogP) is -1.02. The Morgan fingerprint density at radius 1 is 1.43 bits per heavy atom. The van der Waals surface area contributed by atoms with Crippen LogP contribution in [0.1, 0.15) is 13.3 Å². The minimum absolute atomic E-state index is 0.122. The molecule has 1 aromatic heterocycles. The number of hydrogen-bond donors (Lipinski definition) is 2. The molecule has 8 heteroatoms. The molecular weight excluding hydrogens is 276 g/mol. The Morgan fingerprint density at radius 2 is 2.05 bits per heavy atom. The second-order valence-electron chi connectivity index (χ2n) is 5.02. The van der Waals surface area contributed by atoms with Crippen LogP contribution in [0.25, 0.3) is 0 Å². The summed E-state index contributed by atoms with van der Waals surface area (Å²) in [7, 11) is 4.55. The van der Waals surface area contributed by atoms with E-state index < -0.39 is 17.4 Å². The number of likely N-dealkylation sites (N-methyl/N-ethyl adjacent to an activating group) is 1. The topological polar surface area (TPSA) is 103 Å². The van der Waals surface area contributed by atoms with E-state index in [0.29, 0.717) is 6.54 Å². The molecule has 0 aromatic carbocycles. The van der Waals surface area contributed by atoms with Crippen molar-refractivity contribution >= 4 is 11.5 Å². The summed E-state index contributed by atoms with van der Waals surface area (Å²) >= 11 is 0. The van der Waals surface area contributed by atoms with E-state index in [4.69, 9.17) is 10.5 Å². The zero-order valence-corrected chi connectivity index (χ0v) is 13.0. The number of aromatic nitrogens is 2. The highest BCUT2D eigenvalue weighted by Gasteiger charge is 2.20. The lowest BCUT2D eigenvalue weighted by molar-refractivity contribution is 0.0695. The number of hydrogen-bond acceptors (Lipinski definition) is 6. The molecule has 0 saturated carbocycles. The van der Waals surface area contributed by atoms with Gasteiger partial charge in [-0.1, -0.05) is 6.92 Å². The Hall–Kier alpha value is -1.80. The minimum atomic E-state index is -0.754. The number of aliphatic hydroxyl groups is 1. The normalized spacial score (nSPS) is 12.4. The standard InChI is InChI=1S/C13H24N4O4/c1-5-6-17-11(14)10(12(19)16(3)13(17)20)15(2)7-9(18)8-21-4/h9,18H,5-8,14H2,1-4H3. The quantitative estimate of drug-likeness (QED) is 0.668. The van der Waals surface area contributed by atoms with Crippen LogP contribution in [0.5, 0.6) is 0 Å². The molecule has 8 nitrogen and oxygen atoms in total. The summed E-state index contributed by atoms with van der Waals surface area (Å²) in [5, 5.41) is 9.77. The number of aliphatic hydroxyl groups excluding tert-OH is 1. The van der Waals surface area contributed by atoms with Crippen LogP contribution in [0.3, 0.4) is 0 Å². The average molecular weight is 300 g/mol. The Balaban J connectivity index is 3.29. The Morgan fingerprint density at radius 3 is 2.57 bits per heavy atom. The van der Waals surface area contributed by atoms with E-state index in [9.17, 15) is 14.7 Å². The van der Waals surface area contributed by atoms with Gasteiger partial charge in [0.05, 0.1) is 12.7 Å². The molecule has 0 spiro atoms. The molecule has 120 valence electrons. The van der Waals surface area contributed by atoms with Crippen molar-refractivity contribution in [2.24, 2.45) is 7.05 Å². The van der Waals surface area contributed by atoms with Crippen LogP contribution >= 0.6 is 0 Å². The molecule has 0 radical (unpaired) electrons. The molecule has 1 unspecified atom stereocenters. The highest BCUT2D eigenvalue weighted by molar-refractivity contribution is 5.62. The van der Waals surface area contributed by atoms with Crippen LogP contribution in [0, 0.1) is 0 Å². The minimum Gasteiger partial charge on any atom is -0.389 e. The molecule has 0 aliphatic heterocycles. The number of nitrogens with zero attached hydrogens (tertiary/aromatic N) is 3. The van der Waals surface area contributed by atoms with Gasteiger partial charge in [0.1, 0.15) is 11.5 Å². The molecule has 1 rings (SSSR count). The lowest BCUT2D eigenvalue weighted by Gasteiger charge is -2.24. The summed E-state index contributed by atoms with van der Waals surface area (Å²) < 4.78 is 7.26. The van der Waals surface area contributed by atoms with Gasteiger partial charge in [-0.2, -0.15) is 0 Å². The number of ether oxygens (including phenoxy) is 1. The molecule has 21 heavy (non-hydrogen) atoms. The first-order valence-corrected chi connectivity index (χ1v) is 6.82. The maximum absolute atomic E-state index is 12.3. The molecule has 0 aliphatic rings. The van der Waals surface area contributed by atoms with Crippen molar-refractivity contribution < 1.29 is 9.84 Å². The first-order chi connectivity index (χ1) is 9.84. The van der Waals surface area contributed by atoms with E-state index in [1.165, 1.54) is 18.7 Å². The lowest BCUT2D eigenvalue weighted by Crippen LogP contribution is -2.44. The summed E-state index contributed by atoms with van der Waals surface area (Å²) in [5.41, 5.74) is 5.28. The van der Waals surface area contributed by atoms with Gasteiger partial charge in [-0.3, -0.25) is 13.9 Å². The largest absolute Gasteiger partial charge is 0.389 e. The molecule has 0 saturated heterocycles. The summed E-state index contributed by atoms with van der Waals surface area (Å²) in [4.78, 5) is 25.9. The van der Waals surface area contributed by atoms with Crippen LogP contribution in [0.4, 0.5) is 11.5 Å². The first-order valence-electron chi connectivity index (χ1n) is 6.82. The molecule has 1 atom stereocenters. The number of nitrogen functional groups attached to an aromatic ring is 1. The molecule has 0 aliphatic carbocycles. The molecule has 0 fully saturated rings. The van der Waals surface area contributed by atoms with Crippen LogP contribution in [0.15, 0.2) is 9.59 Å². The van der Waals surface area contributed by atoms with Crippen molar-refractivity contribution in [2.75, 3.05) is 37.9 Å². The molecule has 0 bridgehead atoms. The maximum Gasteiger partial charge on any atom is 0.332 e. The molecule has 0 amide bonds. The Kier molecular flexibility index (Phi) is 5.98. The van der Waals surface area contributed by atoms with Gasteiger partial charge < -0.3 is 20.5 Å². The third kappa shape index (κ3) is 3.64. The zero-order chi connectivity index (χ0) is 16.2. The SMILES string of the molecule is CCCn1c(N)c(N(C)CC(O)COC)c(=O)n(C)c1=O. The Labute approximate surface area is 123 Å². The molecule has 1 heterocycles. The van der Waals surface area contributed by atoms with Crippen LogP contribution in [-0.2, 0) is 18.3 Å². The van der Waals surface area contributed by atoms with Gasteiger partial charge >= 0.3 is 5.69 Å². The van der Waals surface area contributed by atoms with E-state index in [1.54, 1.807) is 11.9 Å². The fraction of sp³-hybridized carbons (Fsp3) is 0.692. The van der Waals surface area contributed by atoms with Crippen molar-refractivity contribution in [3.8, 4) is 0 Å². The van der Waals surface area contributed by atoms with E-state index in [2.05, 4.69) is 0 Å². The summed E-state index contributed by atoms with van der Waals surface area (Å²) in [6.45, 7) is 2.68. The third-order valence-corrected chi connectivity index (χ3v) is 3.23. The van der Waals surface area contributed by atoms with Crippen LogP contribution < -0.4 is 21.9 Å². The van der Waals surface area contributed by atoms with Crippen molar-refractivity contribution in [3.63, 3.8) is 0 Å². The first kappa shape index (κ1) is 17.3. The number of anilines is 2. The van der Waals surface area contributed by atoms with Gasteiger partial charge in [0.15, 0.2) is 0 Å². The second-order valence-corrected chi connectivity index (χ2v) is 5.02. The average Bonchev–Trinajstić information content (AvgIpc) is 2.41. The monoisotopic (exact) mass is 300 g/mol. The fourth-order valence-corrected chi connectivity index (χ4v) is 2.22. The van der Waals surface area contributed by atoms with E-state index >= 15 is 0 Å². The molecule has 1 aromatic rings. The van der Waals surface area contributed by atoms with Gasteiger partial charge in [0.25, 0.3) is 5.56 Å². The number of nitrogens with two attached hydrogens (primary N) is 1. The lowest BCUT2D eigenvalue weighted by atomic mass is 10.3. The second kappa shape index (κ2) is 7.28. The van der Waals surface area contributed by atoms with Gasteiger partial charge in [0.2, 0.25) is 0 Å². The summed E-state index contributed by atoms with van der Waals surface area (Å²) in [6, 6.07) is 0. The zero-order valence-electron chi connectivity index (χ0n) is 13.0. The Bertz CT molecular complexity index is 593. The van der Waals surface area contributed by atoms with Gasteiger partial charge in [-0.25, -0.2) is 4.79 Å². The van der Waals surface area contributed by atoms with E-state index in [0.717, 1.165) is 11.0 Å². The van der Waals surface area contributed by atoms with E-state index in [-0.39, 0.29) is 24.7 Å². The van der Waals surface area contributed by atoms with Crippen LogP contribution in [-0.4, -0.2) is 47.7 Å². The molecule has 3 N–H and O–H groups in total. The van der Waals surface area contributed by atoms with Gasteiger partial charge in [-0.15, -0.1) is 0 Å². The smallest absolute Gasteiger partial charge is 0.332 e. The van der Waals surface area contributed by atoms with Crippen LogP contribution in [0.2, 0.25) is 0 Å². The highest BCUT2D eigenvalue weighted by atomic mass is 16.5. The maximum atomic E-state index is 12.3. The van der Waals surface area contributed by atoms with E-state index in [1.807, 2.05) is 6.92 Å². The predicted molar refractivity (Wildman–Crippen MR) is 81.8 cm³/mol. The highest BCUT2D eigenvalue weighted by Crippen LogP contribution is 2.15. The third-order valence-electron chi connectivity index (χ3n) is 3.23. The summed E-state index contributed by atoms with van der Waals surface area (Å²) in [5.74, 6) is 0.122. The van der Waals surface area contributed by atoms with Gasteiger partial charge in [0, 0.05) is 34.3 Å². The summed E-state index contributed by atoms with van der Waals surface area (Å²) in [6.07, 6.45) is -0.0340. The van der Waals surface area contributed by atoms with Crippen molar-refractivity contribution in [1.82, 2.24) is 9.13 Å². The molecular formula is C13H24N4O4. The fourth-order valence-electron chi connectivity index (χ4n) is 2.22. The van der Waals surface area contributed by atoms with Crippen molar-refractivity contribution in [2.45, 2.75) is 26.0 Å².